The van der Waals surface area contributed by atoms with Crippen molar-refractivity contribution in [2.45, 2.75) is 31.0 Å². The molecule has 0 fully saturated rings. The molecule has 2 atom stereocenters. The first-order valence-corrected chi connectivity index (χ1v) is 12.5. The van der Waals surface area contributed by atoms with Crippen molar-refractivity contribution >= 4 is 29.1 Å². The largest absolute Gasteiger partial charge is 0.489 e. The molecule has 4 N–H and O–H groups in total. The zero-order chi connectivity index (χ0) is 29.9. The van der Waals surface area contributed by atoms with Crippen LogP contribution >= 0.6 is 11.6 Å². The summed E-state index contributed by atoms with van der Waals surface area (Å²) in [7, 11) is 0. The normalized spacial score (nSPS) is 18.0. The van der Waals surface area contributed by atoms with Crippen LogP contribution < -0.4 is 15.8 Å². The molecule has 0 aliphatic carbocycles. The van der Waals surface area contributed by atoms with Gasteiger partial charge in [-0.25, -0.2) is 14.4 Å². The Balaban J connectivity index is 1.59. The number of halogens is 5. The Labute approximate surface area is 234 Å². The maximum Gasteiger partial charge on any atom is 0.424 e. The predicted octanol–water partition coefficient (Wildman–Crippen LogP) is 3.81. The van der Waals surface area contributed by atoms with Gasteiger partial charge in [-0.1, -0.05) is 11.6 Å². The average Bonchev–Trinajstić information content (AvgIpc) is 3.46. The molecule has 0 saturated carbocycles. The van der Waals surface area contributed by atoms with Crippen LogP contribution in [0.2, 0.25) is 5.02 Å². The second kappa shape index (κ2) is 9.70. The Kier molecular flexibility index (Phi) is 6.70. The number of fused-ring (bicyclic) bond motifs is 2. The smallest absolute Gasteiger partial charge is 0.424 e. The molecule has 1 aromatic carbocycles. The minimum Gasteiger partial charge on any atom is -0.489 e. The third-order valence-corrected chi connectivity index (χ3v) is 7.30. The van der Waals surface area contributed by atoms with Gasteiger partial charge in [0.1, 0.15) is 29.3 Å². The molecule has 1 aliphatic heterocycles. The van der Waals surface area contributed by atoms with Crippen LogP contribution in [0.1, 0.15) is 34.2 Å². The average molecular weight is 592 g/mol. The van der Waals surface area contributed by atoms with Crippen LogP contribution in [-0.2, 0) is 15.8 Å². The number of hydrogen-bond acceptors (Lipinski definition) is 6. The van der Waals surface area contributed by atoms with Crippen molar-refractivity contribution in [2.24, 2.45) is 5.73 Å². The van der Waals surface area contributed by atoms with E-state index in [9.17, 15) is 32.3 Å². The monoisotopic (exact) mass is 591 g/mol. The number of imidazole rings is 1. The zero-order valence-electron chi connectivity index (χ0n) is 21.5. The molecule has 0 radical (unpaired) electrons. The minimum absolute atomic E-state index is 0.0335. The molecule has 14 heteroatoms. The topological polar surface area (TPSA) is 132 Å². The van der Waals surface area contributed by atoms with Crippen LogP contribution in [0, 0.1) is 12.7 Å². The van der Waals surface area contributed by atoms with E-state index in [-0.39, 0.29) is 39.8 Å². The van der Waals surface area contributed by atoms with E-state index < -0.39 is 47.1 Å². The van der Waals surface area contributed by atoms with E-state index in [1.807, 2.05) is 0 Å². The molecular formula is C27H22ClF4N5O4. The number of alkyl halides is 3. The van der Waals surface area contributed by atoms with Crippen molar-refractivity contribution in [3.63, 3.8) is 0 Å². The van der Waals surface area contributed by atoms with E-state index >= 15 is 0 Å². The lowest BCUT2D eigenvalue weighted by Crippen LogP contribution is -2.51. The van der Waals surface area contributed by atoms with Crippen molar-refractivity contribution in [3.05, 3.63) is 82.1 Å². The molecule has 1 unspecified atom stereocenters. The molecule has 41 heavy (non-hydrogen) atoms. The Hall–Kier alpha value is -4.23. The second-order valence-corrected chi connectivity index (χ2v) is 10.4. The molecule has 9 nitrogen and oxygen atoms in total. The van der Waals surface area contributed by atoms with Crippen LogP contribution in [-0.4, -0.2) is 50.6 Å². The number of nitrogens with two attached hydrogens (primary N) is 1. The summed E-state index contributed by atoms with van der Waals surface area (Å²) in [6, 6.07) is 6.78. The summed E-state index contributed by atoms with van der Waals surface area (Å²) in [6.45, 7) is 1.43. The standard InChI is InChI=1S/C27H22ClF4N5O4/c1-13-9-37-10-15(7-18(28)22(37)35-13)23(38)34-11-26(40,27(30,31)32)19-8-17-21(41-12-25(17,2)24(33)39)20(36-19)14-3-5-16(29)6-4-14/h3-10,40H,11-12H2,1-2H3,(H2,33,39)(H,34,38)/t25-,26?/m0/s1. The van der Waals surface area contributed by atoms with E-state index in [2.05, 4.69) is 15.3 Å². The number of benzene rings is 1. The van der Waals surface area contributed by atoms with Crippen LogP contribution in [0.5, 0.6) is 5.75 Å². The molecule has 0 spiro atoms. The number of aromatic nitrogens is 3. The molecule has 5 rings (SSSR count). The lowest BCUT2D eigenvalue weighted by molar-refractivity contribution is -0.265. The number of ether oxygens (including phenoxy) is 1. The summed E-state index contributed by atoms with van der Waals surface area (Å²) in [5.41, 5.74) is 0.141. The fourth-order valence-corrected chi connectivity index (χ4v) is 4.81. The number of rotatable bonds is 6. The molecule has 0 bridgehead atoms. The molecular weight excluding hydrogens is 570 g/mol. The number of pyridine rings is 2. The van der Waals surface area contributed by atoms with Crippen molar-refractivity contribution in [1.29, 1.82) is 0 Å². The fraction of sp³-hybridized carbons (Fsp3) is 0.259. The van der Waals surface area contributed by atoms with Crippen molar-refractivity contribution in [3.8, 4) is 17.0 Å². The number of nitrogens with zero attached hydrogens (tertiary/aromatic N) is 3. The summed E-state index contributed by atoms with van der Waals surface area (Å²) in [4.78, 5) is 33.5. The van der Waals surface area contributed by atoms with E-state index in [0.29, 0.717) is 11.3 Å². The number of amides is 2. The van der Waals surface area contributed by atoms with E-state index in [1.165, 1.54) is 35.7 Å². The number of carbonyl (C=O) groups excluding carboxylic acids is 2. The first kappa shape index (κ1) is 28.3. The number of nitrogens with one attached hydrogen (secondary N) is 1. The summed E-state index contributed by atoms with van der Waals surface area (Å²) in [5, 5.41) is 13.3. The van der Waals surface area contributed by atoms with Gasteiger partial charge in [0.05, 0.1) is 28.5 Å². The highest BCUT2D eigenvalue weighted by atomic mass is 35.5. The molecule has 2 amide bonds. The predicted molar refractivity (Wildman–Crippen MR) is 139 cm³/mol. The van der Waals surface area contributed by atoms with Gasteiger partial charge in [-0.2, -0.15) is 13.2 Å². The number of hydrogen-bond donors (Lipinski definition) is 3. The van der Waals surface area contributed by atoms with Gasteiger partial charge in [0.25, 0.3) is 5.91 Å². The summed E-state index contributed by atoms with van der Waals surface area (Å²) < 4.78 is 64.4. The number of aliphatic hydroxyl groups is 1. The Morgan fingerprint density at radius 1 is 1.20 bits per heavy atom. The third-order valence-electron chi connectivity index (χ3n) is 7.02. The Bertz CT molecular complexity index is 1710. The fourth-order valence-electron chi connectivity index (χ4n) is 4.55. The molecule has 3 aromatic heterocycles. The van der Waals surface area contributed by atoms with Crippen LogP contribution in [0.25, 0.3) is 16.9 Å². The van der Waals surface area contributed by atoms with Gasteiger partial charge in [0.15, 0.2) is 5.65 Å². The summed E-state index contributed by atoms with van der Waals surface area (Å²) in [6.07, 6.45) is -2.44. The van der Waals surface area contributed by atoms with Crippen LogP contribution in [0.4, 0.5) is 17.6 Å². The van der Waals surface area contributed by atoms with Crippen molar-refractivity contribution in [2.75, 3.05) is 13.2 Å². The lowest BCUT2D eigenvalue weighted by atomic mass is 9.81. The van der Waals surface area contributed by atoms with Gasteiger partial charge >= 0.3 is 6.18 Å². The quantitative estimate of drug-likeness (QED) is 0.292. The summed E-state index contributed by atoms with van der Waals surface area (Å²) in [5.74, 6) is -2.49. The van der Waals surface area contributed by atoms with E-state index in [0.717, 1.165) is 18.2 Å². The maximum atomic E-state index is 14.6. The maximum absolute atomic E-state index is 14.6. The van der Waals surface area contributed by atoms with Gasteiger partial charge < -0.3 is 25.3 Å². The Morgan fingerprint density at radius 2 is 1.88 bits per heavy atom. The van der Waals surface area contributed by atoms with Gasteiger partial charge in [-0.3, -0.25) is 9.59 Å². The highest BCUT2D eigenvalue weighted by molar-refractivity contribution is 6.33. The number of primary amides is 1. The van der Waals surface area contributed by atoms with Gasteiger partial charge in [-0.05, 0) is 50.2 Å². The third kappa shape index (κ3) is 4.74. The van der Waals surface area contributed by atoms with E-state index in [4.69, 9.17) is 22.1 Å². The van der Waals surface area contributed by atoms with Gasteiger partial charge in [-0.15, -0.1) is 0 Å². The number of carbonyl (C=O) groups is 2. The molecule has 4 aromatic rings. The summed E-state index contributed by atoms with van der Waals surface area (Å²) >= 11 is 6.19. The highest BCUT2D eigenvalue weighted by Gasteiger charge is 2.57. The molecule has 1 aliphatic rings. The van der Waals surface area contributed by atoms with Crippen LogP contribution in [0.15, 0.2) is 48.8 Å². The van der Waals surface area contributed by atoms with Crippen molar-refractivity contribution in [1.82, 2.24) is 19.7 Å². The Morgan fingerprint density at radius 3 is 2.51 bits per heavy atom. The highest BCUT2D eigenvalue weighted by Crippen LogP contribution is 2.47. The first-order chi connectivity index (χ1) is 19.1. The minimum atomic E-state index is -5.35. The molecule has 214 valence electrons. The van der Waals surface area contributed by atoms with Gasteiger partial charge in [0.2, 0.25) is 11.5 Å². The van der Waals surface area contributed by atoms with Crippen molar-refractivity contribution < 1.29 is 37.0 Å². The second-order valence-electron chi connectivity index (χ2n) is 9.96. The van der Waals surface area contributed by atoms with E-state index in [1.54, 1.807) is 13.1 Å². The van der Waals surface area contributed by atoms with Crippen LogP contribution in [0.3, 0.4) is 0 Å². The van der Waals surface area contributed by atoms with Gasteiger partial charge in [0, 0.05) is 23.5 Å². The lowest BCUT2D eigenvalue weighted by Gasteiger charge is -2.31. The first-order valence-electron chi connectivity index (χ1n) is 12.1. The zero-order valence-corrected chi connectivity index (χ0v) is 22.3. The molecule has 4 heterocycles. The number of aryl methyl sites for hydroxylation is 1. The molecule has 0 saturated heterocycles. The SMILES string of the molecule is Cc1cn2cc(C(=O)NCC(O)(c3cc4c(c(-c5ccc(F)cc5)n3)OC[C@]4(C)C(N)=O)C(F)(F)F)cc(Cl)c2n1.